The van der Waals surface area contributed by atoms with Crippen LogP contribution in [-0.2, 0) is 9.59 Å². The predicted molar refractivity (Wildman–Crippen MR) is 101 cm³/mol. The van der Waals surface area contributed by atoms with Gasteiger partial charge in [0, 0.05) is 5.92 Å². The van der Waals surface area contributed by atoms with E-state index in [1.54, 1.807) is 0 Å². The third-order valence-corrected chi connectivity index (χ3v) is 5.82. The van der Waals surface area contributed by atoms with Crippen molar-refractivity contribution in [3.63, 3.8) is 0 Å². The Morgan fingerprint density at radius 1 is 0.958 bits per heavy atom. The largest absolute Gasteiger partial charge is 0.483 e. The van der Waals surface area contributed by atoms with Gasteiger partial charge in [-0.15, -0.1) is 0 Å². The zero-order valence-corrected chi connectivity index (χ0v) is 16.4. The van der Waals surface area contributed by atoms with Gasteiger partial charge in [0.05, 0.1) is 0 Å². The topological polar surface area (TPSA) is 54.4 Å². The molecular weight excluding hydrogens is 300 g/mol. The summed E-state index contributed by atoms with van der Waals surface area (Å²) in [5.74, 6) is 4.14. The van der Waals surface area contributed by atoms with E-state index in [0.29, 0.717) is 17.6 Å². The van der Waals surface area contributed by atoms with E-state index in [4.69, 9.17) is 9.90 Å². The second-order valence-electron chi connectivity index (χ2n) is 6.70. The Bertz CT molecular complexity index is 389. The molecule has 3 rings (SSSR count). The standard InChI is InChI=1S/C16H24O.2C2H6.CH2O2/c1-10-4-3-5-13-12(10)8-9-15-14(13)7-6-11(2)16(15)17;2*1-2;2-1-3/h10,12-15H,2-9H2,1H3;2*1-2H3;1H,(H,2,3). The summed E-state index contributed by atoms with van der Waals surface area (Å²) >= 11 is 0. The number of fused-ring (bicyclic) bond motifs is 3. The van der Waals surface area contributed by atoms with Crippen LogP contribution in [-0.4, -0.2) is 17.4 Å². The van der Waals surface area contributed by atoms with Crippen molar-refractivity contribution in [3.8, 4) is 0 Å². The van der Waals surface area contributed by atoms with E-state index >= 15 is 0 Å². The molecule has 0 radical (unpaired) electrons. The van der Waals surface area contributed by atoms with Crippen LogP contribution in [0.15, 0.2) is 12.2 Å². The molecule has 3 aliphatic carbocycles. The summed E-state index contributed by atoms with van der Waals surface area (Å²) in [6.45, 7) is 14.1. The van der Waals surface area contributed by atoms with Crippen molar-refractivity contribution in [2.45, 2.75) is 79.6 Å². The van der Waals surface area contributed by atoms with Crippen molar-refractivity contribution >= 4 is 12.3 Å². The monoisotopic (exact) mass is 338 g/mol. The maximum Gasteiger partial charge on any atom is 0.290 e. The van der Waals surface area contributed by atoms with Crippen LogP contribution in [0.3, 0.4) is 0 Å². The fourth-order valence-electron chi connectivity index (χ4n) is 4.91. The highest BCUT2D eigenvalue weighted by atomic mass is 16.3. The average molecular weight is 339 g/mol. The lowest BCUT2D eigenvalue weighted by molar-refractivity contribution is -0.127. The van der Waals surface area contributed by atoms with Crippen LogP contribution < -0.4 is 0 Å². The number of hydrogen-bond donors (Lipinski definition) is 1. The molecule has 140 valence electrons. The molecule has 0 aromatic carbocycles. The summed E-state index contributed by atoms with van der Waals surface area (Å²) in [6, 6.07) is 0. The molecule has 3 saturated carbocycles. The molecule has 5 unspecified atom stereocenters. The number of ketones is 1. The summed E-state index contributed by atoms with van der Waals surface area (Å²) in [5.41, 5.74) is 0.911. The molecule has 0 amide bonds. The molecule has 0 aromatic heterocycles. The zero-order valence-electron chi connectivity index (χ0n) is 16.4. The molecule has 0 aliphatic heterocycles. The number of carboxylic acid groups (broad SMARTS) is 1. The van der Waals surface area contributed by atoms with Crippen LogP contribution in [0.2, 0.25) is 0 Å². The number of Topliss-reactive ketones (excluding diaryl/α,β-unsaturated/α-hetero) is 1. The maximum atomic E-state index is 12.2. The summed E-state index contributed by atoms with van der Waals surface area (Å²) in [4.78, 5) is 20.6. The number of hydrogen-bond acceptors (Lipinski definition) is 2. The quantitative estimate of drug-likeness (QED) is 0.453. The molecule has 3 heteroatoms. The number of rotatable bonds is 0. The van der Waals surface area contributed by atoms with Gasteiger partial charge in [0.25, 0.3) is 6.47 Å². The normalized spacial score (nSPS) is 33.8. The van der Waals surface area contributed by atoms with Crippen molar-refractivity contribution in [2.75, 3.05) is 0 Å². The first-order valence-electron chi connectivity index (χ1n) is 9.90. The fourth-order valence-corrected chi connectivity index (χ4v) is 4.91. The van der Waals surface area contributed by atoms with Crippen LogP contribution >= 0.6 is 0 Å². The van der Waals surface area contributed by atoms with Gasteiger partial charge in [0.1, 0.15) is 0 Å². The van der Waals surface area contributed by atoms with E-state index in [9.17, 15) is 4.79 Å². The highest BCUT2D eigenvalue weighted by Gasteiger charge is 2.46. The van der Waals surface area contributed by atoms with Gasteiger partial charge in [-0.05, 0) is 61.3 Å². The number of allylic oxidation sites excluding steroid dienone is 1. The Kier molecular flexibility index (Phi) is 11.7. The average Bonchev–Trinajstić information content (AvgIpc) is 2.62. The molecule has 0 saturated heterocycles. The molecule has 0 heterocycles. The molecule has 5 atom stereocenters. The van der Waals surface area contributed by atoms with Gasteiger partial charge in [0.15, 0.2) is 5.78 Å². The molecule has 3 fully saturated rings. The Balaban J connectivity index is 0.000000667. The van der Waals surface area contributed by atoms with E-state index in [0.717, 1.165) is 36.2 Å². The lowest BCUT2D eigenvalue weighted by atomic mass is 9.55. The minimum absolute atomic E-state index is 0.250. The molecule has 0 spiro atoms. The van der Waals surface area contributed by atoms with E-state index in [2.05, 4.69) is 13.5 Å². The maximum absolute atomic E-state index is 12.2. The Labute approximate surface area is 148 Å². The Morgan fingerprint density at radius 3 is 2.12 bits per heavy atom. The van der Waals surface area contributed by atoms with Crippen LogP contribution in [0.5, 0.6) is 0 Å². The van der Waals surface area contributed by atoms with Gasteiger partial charge in [0.2, 0.25) is 0 Å². The number of carbonyl (C=O) groups is 2. The first-order chi connectivity index (χ1) is 11.6. The lowest BCUT2D eigenvalue weighted by Crippen LogP contribution is -2.44. The lowest BCUT2D eigenvalue weighted by Gasteiger charge is -2.49. The molecular formula is C21H38O3. The smallest absolute Gasteiger partial charge is 0.290 e. The second kappa shape index (κ2) is 12.3. The van der Waals surface area contributed by atoms with Crippen LogP contribution in [0.25, 0.3) is 0 Å². The van der Waals surface area contributed by atoms with Crippen molar-refractivity contribution < 1.29 is 14.7 Å². The first-order valence-corrected chi connectivity index (χ1v) is 9.90. The van der Waals surface area contributed by atoms with Gasteiger partial charge in [-0.25, -0.2) is 0 Å². The van der Waals surface area contributed by atoms with E-state index in [-0.39, 0.29) is 6.47 Å². The molecule has 24 heavy (non-hydrogen) atoms. The molecule has 0 bridgehead atoms. The predicted octanol–water partition coefficient (Wildman–Crippen LogP) is 5.74. The van der Waals surface area contributed by atoms with E-state index in [1.807, 2.05) is 27.7 Å². The molecule has 3 aliphatic rings. The third kappa shape index (κ3) is 5.46. The molecule has 0 aromatic rings. The Hall–Kier alpha value is -1.12. The first kappa shape index (κ1) is 22.9. The van der Waals surface area contributed by atoms with Crippen molar-refractivity contribution in [1.82, 2.24) is 0 Å². The highest BCUT2D eigenvalue weighted by molar-refractivity contribution is 5.97. The summed E-state index contributed by atoms with van der Waals surface area (Å²) in [7, 11) is 0. The summed E-state index contributed by atoms with van der Waals surface area (Å²) < 4.78 is 0. The Morgan fingerprint density at radius 2 is 1.54 bits per heavy atom. The minimum atomic E-state index is -0.250. The van der Waals surface area contributed by atoms with Crippen LogP contribution in [0.4, 0.5) is 0 Å². The minimum Gasteiger partial charge on any atom is -0.483 e. The van der Waals surface area contributed by atoms with Crippen molar-refractivity contribution in [2.24, 2.45) is 29.6 Å². The van der Waals surface area contributed by atoms with Gasteiger partial charge in [-0.1, -0.05) is 54.0 Å². The van der Waals surface area contributed by atoms with E-state index in [1.165, 1.54) is 32.1 Å². The van der Waals surface area contributed by atoms with Crippen molar-refractivity contribution in [3.05, 3.63) is 12.2 Å². The molecule has 3 nitrogen and oxygen atoms in total. The summed E-state index contributed by atoms with van der Waals surface area (Å²) in [6.07, 6.45) is 8.84. The zero-order chi connectivity index (χ0) is 18.7. The number of carbonyl (C=O) groups excluding carboxylic acids is 1. The van der Waals surface area contributed by atoms with Gasteiger partial charge in [-0.3, -0.25) is 9.59 Å². The van der Waals surface area contributed by atoms with E-state index < -0.39 is 0 Å². The molecule has 1 N–H and O–H groups in total. The van der Waals surface area contributed by atoms with Gasteiger partial charge >= 0.3 is 0 Å². The van der Waals surface area contributed by atoms with Crippen LogP contribution in [0, 0.1) is 29.6 Å². The van der Waals surface area contributed by atoms with Gasteiger partial charge < -0.3 is 5.11 Å². The SMILES string of the molecule is C=C1CCC2C(CCC3C(C)CCCC32)C1=O.CC.CC.O=CO. The second-order valence-corrected chi connectivity index (χ2v) is 6.70. The summed E-state index contributed by atoms with van der Waals surface area (Å²) in [5, 5.41) is 6.89. The third-order valence-electron chi connectivity index (χ3n) is 5.82. The highest BCUT2D eigenvalue weighted by Crippen LogP contribution is 2.52. The van der Waals surface area contributed by atoms with Crippen molar-refractivity contribution in [1.29, 1.82) is 0 Å². The fraction of sp³-hybridized carbons (Fsp3) is 0.810. The van der Waals surface area contributed by atoms with Crippen LogP contribution in [0.1, 0.15) is 79.6 Å². The van der Waals surface area contributed by atoms with Gasteiger partial charge in [-0.2, -0.15) is 0 Å².